The van der Waals surface area contributed by atoms with E-state index in [0.29, 0.717) is 12.8 Å². The monoisotopic (exact) mass is 150 g/mol. The van der Waals surface area contributed by atoms with Crippen molar-refractivity contribution in [1.82, 2.24) is 0 Å². The molecule has 0 aromatic rings. The SMILES string of the molecule is C.OCCCC(CO)CO. The Kier molecular flexibility index (Phi) is 11.1. The highest BCUT2D eigenvalue weighted by Crippen LogP contribution is 2.02. The van der Waals surface area contributed by atoms with Crippen LogP contribution in [0.5, 0.6) is 0 Å². The van der Waals surface area contributed by atoms with Crippen LogP contribution in [0.15, 0.2) is 0 Å². The van der Waals surface area contributed by atoms with Gasteiger partial charge in [-0.25, -0.2) is 0 Å². The molecule has 64 valence electrons. The van der Waals surface area contributed by atoms with Gasteiger partial charge in [0, 0.05) is 25.7 Å². The van der Waals surface area contributed by atoms with E-state index in [-0.39, 0.29) is 33.2 Å². The summed E-state index contributed by atoms with van der Waals surface area (Å²) >= 11 is 0. The van der Waals surface area contributed by atoms with Gasteiger partial charge in [-0.2, -0.15) is 0 Å². The van der Waals surface area contributed by atoms with Gasteiger partial charge in [0.15, 0.2) is 0 Å². The molecule has 0 amide bonds. The van der Waals surface area contributed by atoms with Crippen LogP contribution in [-0.4, -0.2) is 35.1 Å². The highest BCUT2D eigenvalue weighted by atomic mass is 16.3. The minimum absolute atomic E-state index is 0. The predicted octanol–water partition coefficient (Wildman–Crippen LogP) is -0.00420. The third kappa shape index (κ3) is 6.01. The van der Waals surface area contributed by atoms with Crippen molar-refractivity contribution in [3.8, 4) is 0 Å². The molecule has 0 radical (unpaired) electrons. The van der Waals surface area contributed by atoms with Crippen molar-refractivity contribution < 1.29 is 15.3 Å². The number of aliphatic hydroxyl groups excluding tert-OH is 3. The van der Waals surface area contributed by atoms with E-state index in [9.17, 15) is 0 Å². The molecule has 0 unspecified atom stereocenters. The van der Waals surface area contributed by atoms with Gasteiger partial charge >= 0.3 is 0 Å². The fraction of sp³-hybridized carbons (Fsp3) is 1.00. The Bertz CT molecular complexity index is 52.8. The van der Waals surface area contributed by atoms with Gasteiger partial charge in [0.25, 0.3) is 0 Å². The third-order valence-electron chi connectivity index (χ3n) is 1.29. The van der Waals surface area contributed by atoms with Crippen LogP contribution in [0, 0.1) is 5.92 Å². The topological polar surface area (TPSA) is 60.7 Å². The van der Waals surface area contributed by atoms with Crippen LogP contribution < -0.4 is 0 Å². The zero-order valence-electron chi connectivity index (χ0n) is 5.45. The van der Waals surface area contributed by atoms with E-state index in [0.717, 1.165) is 0 Å². The fourth-order valence-corrected chi connectivity index (χ4v) is 0.620. The van der Waals surface area contributed by atoms with Gasteiger partial charge in [-0.1, -0.05) is 7.43 Å². The van der Waals surface area contributed by atoms with Crippen molar-refractivity contribution in [2.75, 3.05) is 19.8 Å². The summed E-state index contributed by atoms with van der Waals surface area (Å²) in [5, 5.41) is 25.4. The highest BCUT2D eigenvalue weighted by Gasteiger charge is 2.03. The summed E-state index contributed by atoms with van der Waals surface area (Å²) in [6, 6.07) is 0. The second-order valence-electron chi connectivity index (χ2n) is 2.10. The average Bonchev–Trinajstić information content (AvgIpc) is 1.91. The molecule has 0 aliphatic heterocycles. The normalized spacial score (nSPS) is 9.60. The van der Waals surface area contributed by atoms with Crippen molar-refractivity contribution in [1.29, 1.82) is 0 Å². The molecule has 3 nitrogen and oxygen atoms in total. The van der Waals surface area contributed by atoms with E-state index in [4.69, 9.17) is 15.3 Å². The smallest absolute Gasteiger partial charge is 0.0481 e. The van der Waals surface area contributed by atoms with E-state index >= 15 is 0 Å². The van der Waals surface area contributed by atoms with E-state index in [1.54, 1.807) is 0 Å². The molecule has 0 aromatic carbocycles. The molecule has 3 heteroatoms. The largest absolute Gasteiger partial charge is 0.396 e. The summed E-state index contributed by atoms with van der Waals surface area (Å²) in [5.41, 5.74) is 0. The quantitative estimate of drug-likeness (QED) is 0.517. The summed E-state index contributed by atoms with van der Waals surface area (Å²) in [5.74, 6) is -0.0443. The molecule has 3 N–H and O–H groups in total. The van der Waals surface area contributed by atoms with Crippen molar-refractivity contribution in [3.63, 3.8) is 0 Å². The average molecular weight is 150 g/mol. The Labute approximate surface area is 62.3 Å². The van der Waals surface area contributed by atoms with Crippen LogP contribution in [0.1, 0.15) is 20.3 Å². The first-order valence-corrected chi connectivity index (χ1v) is 3.17. The van der Waals surface area contributed by atoms with Crippen LogP contribution >= 0.6 is 0 Å². The van der Waals surface area contributed by atoms with Crippen LogP contribution in [-0.2, 0) is 0 Å². The lowest BCUT2D eigenvalue weighted by Gasteiger charge is -2.07. The Morgan fingerprint density at radius 2 is 1.50 bits per heavy atom. The maximum absolute atomic E-state index is 8.51. The Balaban J connectivity index is 0. The van der Waals surface area contributed by atoms with Gasteiger partial charge in [0.2, 0.25) is 0 Å². The van der Waals surface area contributed by atoms with Crippen LogP contribution in [0.4, 0.5) is 0 Å². The maximum Gasteiger partial charge on any atom is 0.0481 e. The molecule has 0 aliphatic carbocycles. The molecular formula is C7H18O3. The highest BCUT2D eigenvalue weighted by molar-refractivity contribution is 4.53. The minimum atomic E-state index is -0.0443. The van der Waals surface area contributed by atoms with Gasteiger partial charge in [0.1, 0.15) is 0 Å². The van der Waals surface area contributed by atoms with Gasteiger partial charge in [-0.3, -0.25) is 0 Å². The van der Waals surface area contributed by atoms with E-state index < -0.39 is 0 Å². The summed E-state index contributed by atoms with van der Waals surface area (Å²) in [6.07, 6.45) is 1.36. The standard InChI is InChI=1S/C6H14O3.CH4/c7-3-1-2-6(4-8)5-9;/h6-9H,1-5H2;1H4. The first kappa shape index (κ1) is 12.5. The first-order chi connectivity index (χ1) is 4.35. The number of rotatable bonds is 5. The van der Waals surface area contributed by atoms with Crippen molar-refractivity contribution >= 4 is 0 Å². The summed E-state index contributed by atoms with van der Waals surface area (Å²) in [6.45, 7) is 0.156. The van der Waals surface area contributed by atoms with E-state index in [1.807, 2.05) is 0 Å². The lowest BCUT2D eigenvalue weighted by atomic mass is 10.1. The second kappa shape index (κ2) is 8.88. The zero-order valence-corrected chi connectivity index (χ0v) is 5.45. The molecule has 0 saturated heterocycles. The van der Waals surface area contributed by atoms with E-state index in [2.05, 4.69) is 0 Å². The van der Waals surface area contributed by atoms with Crippen molar-refractivity contribution in [2.45, 2.75) is 20.3 Å². The Morgan fingerprint density at radius 1 is 1.00 bits per heavy atom. The molecule has 0 atom stereocenters. The van der Waals surface area contributed by atoms with Crippen LogP contribution in [0.2, 0.25) is 0 Å². The Morgan fingerprint density at radius 3 is 1.80 bits per heavy atom. The van der Waals surface area contributed by atoms with Gasteiger partial charge < -0.3 is 15.3 Å². The molecule has 0 saturated carbocycles. The number of aliphatic hydroxyl groups is 3. The van der Waals surface area contributed by atoms with E-state index in [1.165, 1.54) is 0 Å². The first-order valence-electron chi connectivity index (χ1n) is 3.17. The molecular weight excluding hydrogens is 132 g/mol. The van der Waals surface area contributed by atoms with Crippen molar-refractivity contribution in [2.24, 2.45) is 5.92 Å². The predicted molar refractivity (Wildman–Crippen MR) is 40.7 cm³/mol. The molecule has 0 heterocycles. The number of hydrogen-bond acceptors (Lipinski definition) is 3. The van der Waals surface area contributed by atoms with Gasteiger partial charge in [0.05, 0.1) is 0 Å². The summed E-state index contributed by atoms with van der Waals surface area (Å²) in [4.78, 5) is 0. The van der Waals surface area contributed by atoms with Gasteiger partial charge in [-0.15, -0.1) is 0 Å². The van der Waals surface area contributed by atoms with Crippen molar-refractivity contribution in [3.05, 3.63) is 0 Å². The zero-order chi connectivity index (χ0) is 7.11. The molecule has 0 aromatic heterocycles. The molecule has 0 fully saturated rings. The fourth-order valence-electron chi connectivity index (χ4n) is 0.620. The summed E-state index contributed by atoms with van der Waals surface area (Å²) in [7, 11) is 0. The Hall–Kier alpha value is -0.120. The molecule has 0 aliphatic rings. The lowest BCUT2D eigenvalue weighted by molar-refractivity contribution is 0.136. The second-order valence-corrected chi connectivity index (χ2v) is 2.10. The van der Waals surface area contributed by atoms with Gasteiger partial charge in [-0.05, 0) is 12.8 Å². The lowest BCUT2D eigenvalue weighted by Crippen LogP contribution is -2.11. The summed E-state index contributed by atoms with van der Waals surface area (Å²) < 4.78 is 0. The molecule has 0 spiro atoms. The molecule has 10 heavy (non-hydrogen) atoms. The van der Waals surface area contributed by atoms with Crippen LogP contribution in [0.25, 0.3) is 0 Å². The minimum Gasteiger partial charge on any atom is -0.396 e. The number of hydrogen-bond donors (Lipinski definition) is 3. The third-order valence-corrected chi connectivity index (χ3v) is 1.29. The molecule has 0 rings (SSSR count). The molecule has 0 bridgehead atoms. The maximum atomic E-state index is 8.51. The van der Waals surface area contributed by atoms with Crippen LogP contribution in [0.3, 0.4) is 0 Å².